The van der Waals surface area contributed by atoms with Gasteiger partial charge in [-0.2, -0.15) is 18.9 Å². The smallest absolute Gasteiger partial charge is 0.294 e. The lowest BCUT2D eigenvalue weighted by Gasteiger charge is -1.99. The fourth-order valence-electron chi connectivity index (χ4n) is 0.875. The maximum absolute atomic E-state index is 10.6. The SMILES string of the molecule is Cc1ccccc1S(=O)(=O)O.N#CC(N)C#N. The molecule has 0 saturated heterocycles. The number of nitriles is 2. The third-order valence-electron chi connectivity index (χ3n) is 1.65. The lowest BCUT2D eigenvalue weighted by Crippen LogP contribution is -2.12. The van der Waals surface area contributed by atoms with Crippen LogP contribution in [0.5, 0.6) is 0 Å². The molecule has 7 heteroatoms. The van der Waals surface area contributed by atoms with Crippen molar-refractivity contribution >= 4 is 10.1 Å². The average Bonchev–Trinajstić information content (AvgIpc) is 2.28. The monoisotopic (exact) mass is 253 g/mol. The normalized spacial score (nSPS) is 9.76. The van der Waals surface area contributed by atoms with Crippen molar-refractivity contribution in [3.8, 4) is 12.1 Å². The number of hydrogen-bond acceptors (Lipinski definition) is 5. The largest absolute Gasteiger partial charge is 0.304 e. The van der Waals surface area contributed by atoms with E-state index in [1.807, 2.05) is 0 Å². The number of nitrogens with two attached hydrogens (primary N) is 1. The zero-order chi connectivity index (χ0) is 13.5. The first kappa shape index (κ1) is 15.1. The van der Waals surface area contributed by atoms with Gasteiger partial charge in [-0.05, 0) is 18.6 Å². The molecule has 0 saturated carbocycles. The first-order chi connectivity index (χ1) is 7.82. The highest BCUT2D eigenvalue weighted by atomic mass is 32.2. The van der Waals surface area contributed by atoms with Gasteiger partial charge in [-0.3, -0.25) is 4.55 Å². The van der Waals surface area contributed by atoms with Crippen molar-refractivity contribution in [3.05, 3.63) is 29.8 Å². The first-order valence-electron chi connectivity index (χ1n) is 4.41. The van der Waals surface area contributed by atoms with Gasteiger partial charge in [0.1, 0.15) is 0 Å². The molecule has 0 aliphatic rings. The molecule has 0 radical (unpaired) electrons. The molecule has 17 heavy (non-hydrogen) atoms. The van der Waals surface area contributed by atoms with Crippen LogP contribution >= 0.6 is 0 Å². The van der Waals surface area contributed by atoms with Crippen LogP contribution in [0.25, 0.3) is 0 Å². The molecule has 6 nitrogen and oxygen atoms in total. The molecule has 0 heterocycles. The number of aryl methyl sites for hydroxylation is 1. The number of rotatable bonds is 1. The Balaban J connectivity index is 0.000000366. The van der Waals surface area contributed by atoms with Gasteiger partial charge in [0.15, 0.2) is 6.04 Å². The Kier molecular flexibility index (Phi) is 5.86. The van der Waals surface area contributed by atoms with Gasteiger partial charge in [-0.25, -0.2) is 0 Å². The van der Waals surface area contributed by atoms with Crippen molar-refractivity contribution in [2.24, 2.45) is 5.73 Å². The molecule has 0 unspecified atom stereocenters. The molecule has 0 aromatic heterocycles. The predicted molar refractivity (Wildman–Crippen MR) is 60.2 cm³/mol. The Hall–Kier alpha value is -1.93. The zero-order valence-corrected chi connectivity index (χ0v) is 9.85. The molecule has 0 aliphatic heterocycles. The van der Waals surface area contributed by atoms with E-state index in [2.05, 4.69) is 0 Å². The molecule has 0 spiro atoms. The second-order valence-electron chi connectivity index (χ2n) is 2.98. The summed E-state index contributed by atoms with van der Waals surface area (Å²) in [5.41, 5.74) is 5.30. The van der Waals surface area contributed by atoms with Gasteiger partial charge in [0.25, 0.3) is 10.1 Å². The summed E-state index contributed by atoms with van der Waals surface area (Å²) < 4.78 is 29.9. The van der Waals surface area contributed by atoms with E-state index in [-0.39, 0.29) is 4.90 Å². The maximum atomic E-state index is 10.6. The van der Waals surface area contributed by atoms with Crippen LogP contribution < -0.4 is 5.73 Å². The van der Waals surface area contributed by atoms with Crippen LogP contribution in [0, 0.1) is 29.6 Å². The second kappa shape index (κ2) is 6.61. The first-order valence-corrected chi connectivity index (χ1v) is 5.85. The molecule has 0 atom stereocenters. The van der Waals surface area contributed by atoms with Gasteiger partial charge in [0.05, 0.1) is 17.0 Å². The van der Waals surface area contributed by atoms with Crippen LogP contribution in [0.15, 0.2) is 29.2 Å². The summed E-state index contributed by atoms with van der Waals surface area (Å²) in [5.74, 6) is 0. The summed E-state index contributed by atoms with van der Waals surface area (Å²) in [6.07, 6.45) is 0. The third-order valence-corrected chi connectivity index (χ3v) is 2.66. The highest BCUT2D eigenvalue weighted by molar-refractivity contribution is 7.85. The van der Waals surface area contributed by atoms with E-state index in [4.69, 9.17) is 20.8 Å². The predicted octanol–water partition coefficient (Wildman–Crippen LogP) is 0.603. The Bertz CT molecular complexity index is 541. The van der Waals surface area contributed by atoms with E-state index in [9.17, 15) is 8.42 Å². The van der Waals surface area contributed by atoms with Crippen molar-refractivity contribution in [1.82, 2.24) is 0 Å². The van der Waals surface area contributed by atoms with E-state index in [1.54, 1.807) is 25.1 Å². The molecule has 0 amide bonds. The minimum absolute atomic E-state index is 0.0278. The van der Waals surface area contributed by atoms with Gasteiger partial charge in [-0.15, -0.1) is 0 Å². The van der Waals surface area contributed by atoms with E-state index in [0.717, 1.165) is 0 Å². The van der Waals surface area contributed by atoms with E-state index in [0.29, 0.717) is 5.56 Å². The molecule has 0 aliphatic carbocycles. The fourth-order valence-corrected chi connectivity index (χ4v) is 1.60. The van der Waals surface area contributed by atoms with Crippen LogP contribution in [0.2, 0.25) is 0 Å². The number of hydrogen-bond donors (Lipinski definition) is 2. The third kappa shape index (κ3) is 5.64. The fraction of sp³-hybridized carbons (Fsp3) is 0.200. The summed E-state index contributed by atoms with van der Waals surface area (Å²) in [6, 6.07) is 8.38. The van der Waals surface area contributed by atoms with E-state index in [1.165, 1.54) is 18.2 Å². The molecule has 1 aromatic rings. The Labute approximate surface area is 99.7 Å². The quantitative estimate of drug-likeness (QED) is 0.705. The second-order valence-corrected chi connectivity index (χ2v) is 4.37. The van der Waals surface area contributed by atoms with Gasteiger partial charge in [0, 0.05) is 0 Å². The Morgan fingerprint density at radius 2 is 1.76 bits per heavy atom. The Morgan fingerprint density at radius 1 is 1.29 bits per heavy atom. The highest BCUT2D eigenvalue weighted by Crippen LogP contribution is 2.12. The number of benzene rings is 1. The molecule has 1 rings (SSSR count). The summed E-state index contributed by atoms with van der Waals surface area (Å²) >= 11 is 0. The molecular weight excluding hydrogens is 242 g/mol. The van der Waals surface area contributed by atoms with Crippen molar-refractivity contribution in [3.63, 3.8) is 0 Å². The highest BCUT2D eigenvalue weighted by Gasteiger charge is 2.10. The molecule has 0 fully saturated rings. The van der Waals surface area contributed by atoms with Crippen molar-refractivity contribution < 1.29 is 13.0 Å². The van der Waals surface area contributed by atoms with Crippen molar-refractivity contribution in [2.45, 2.75) is 17.9 Å². The van der Waals surface area contributed by atoms with Gasteiger partial charge < -0.3 is 5.73 Å². The molecular formula is C10H11N3O3S. The van der Waals surface area contributed by atoms with Crippen molar-refractivity contribution in [1.29, 1.82) is 10.5 Å². The standard InChI is InChI=1S/C7H8O3S.C3H3N3/c1-6-4-2-3-5-7(6)11(8,9)10;4-1-3(6)2-5/h2-5H,1H3,(H,8,9,10);3H,6H2. The summed E-state index contributed by atoms with van der Waals surface area (Å²) in [6.45, 7) is 1.63. The lowest BCUT2D eigenvalue weighted by atomic mass is 10.2. The van der Waals surface area contributed by atoms with Gasteiger partial charge in [0.2, 0.25) is 0 Å². The van der Waals surface area contributed by atoms with Crippen LogP contribution in [0.3, 0.4) is 0 Å². The van der Waals surface area contributed by atoms with Crippen LogP contribution in [0.1, 0.15) is 5.56 Å². The average molecular weight is 253 g/mol. The van der Waals surface area contributed by atoms with E-state index < -0.39 is 16.2 Å². The van der Waals surface area contributed by atoms with Crippen LogP contribution in [-0.2, 0) is 10.1 Å². The summed E-state index contributed by atoms with van der Waals surface area (Å²) in [4.78, 5) is -0.0278. The molecule has 0 bridgehead atoms. The van der Waals surface area contributed by atoms with E-state index >= 15 is 0 Å². The summed E-state index contributed by atoms with van der Waals surface area (Å²) in [5, 5.41) is 15.5. The van der Waals surface area contributed by atoms with Crippen LogP contribution in [-0.4, -0.2) is 19.0 Å². The van der Waals surface area contributed by atoms with Gasteiger partial charge in [-0.1, -0.05) is 18.2 Å². The lowest BCUT2D eigenvalue weighted by molar-refractivity contribution is 0.482. The minimum Gasteiger partial charge on any atom is -0.304 e. The van der Waals surface area contributed by atoms with Crippen molar-refractivity contribution in [2.75, 3.05) is 0 Å². The minimum atomic E-state index is -4.03. The molecule has 3 N–H and O–H groups in total. The summed E-state index contributed by atoms with van der Waals surface area (Å²) in [7, 11) is -4.03. The van der Waals surface area contributed by atoms with Gasteiger partial charge >= 0.3 is 0 Å². The topological polar surface area (TPSA) is 128 Å². The Morgan fingerprint density at radius 3 is 2.00 bits per heavy atom. The van der Waals surface area contributed by atoms with Crippen LogP contribution in [0.4, 0.5) is 0 Å². The maximum Gasteiger partial charge on any atom is 0.294 e. The number of nitrogens with zero attached hydrogens (tertiary/aromatic N) is 2. The zero-order valence-electron chi connectivity index (χ0n) is 9.03. The molecule has 1 aromatic carbocycles. The molecule has 90 valence electrons.